The molecule has 0 radical (unpaired) electrons. The zero-order valence-electron chi connectivity index (χ0n) is 51.9. The van der Waals surface area contributed by atoms with Gasteiger partial charge in [0.15, 0.2) is 0 Å². The predicted octanol–water partition coefficient (Wildman–Crippen LogP) is 11.4. The van der Waals surface area contributed by atoms with Gasteiger partial charge in [-0.25, -0.2) is 19.6 Å². The number of imidazole rings is 2. The quantitative estimate of drug-likeness (QED) is 0.0595. The van der Waals surface area contributed by atoms with Gasteiger partial charge in [-0.2, -0.15) is 0 Å². The second kappa shape index (κ2) is 25.8. The van der Waals surface area contributed by atoms with Crippen LogP contribution in [0, 0.1) is 11.8 Å². The summed E-state index contributed by atoms with van der Waals surface area (Å²) in [6.45, 7) is 11.0. The van der Waals surface area contributed by atoms with Crippen molar-refractivity contribution in [2.75, 3.05) is 40.4 Å². The zero-order chi connectivity index (χ0) is 62.2. The number of rotatable bonds is 14. The van der Waals surface area contributed by atoms with Crippen molar-refractivity contribution in [2.24, 2.45) is 21.8 Å². The number of aromatic nitrogens is 6. The van der Waals surface area contributed by atoms with Crippen LogP contribution in [0.25, 0.3) is 66.8 Å². The number of alkyl carbamates (subject to hydrolysis) is 2. The van der Waals surface area contributed by atoms with Gasteiger partial charge in [0.2, 0.25) is 11.8 Å². The molecular weight excluding hydrogens is 1130 g/mol. The predicted molar refractivity (Wildman–Crippen MR) is 349 cm³/mol. The molecule has 20 nitrogen and oxygen atoms in total. The summed E-state index contributed by atoms with van der Waals surface area (Å²) >= 11 is 0. The van der Waals surface area contributed by atoms with Crippen molar-refractivity contribution in [3.63, 3.8) is 0 Å². The van der Waals surface area contributed by atoms with Crippen molar-refractivity contribution < 1.29 is 28.7 Å². The van der Waals surface area contributed by atoms with E-state index in [0.29, 0.717) is 31.0 Å². The Bertz CT molecular complexity index is 3810. The first-order valence-electron chi connectivity index (χ1n) is 31.9. The second-order valence-electron chi connectivity index (χ2n) is 25.2. The van der Waals surface area contributed by atoms with E-state index in [-0.39, 0.29) is 35.7 Å². The molecule has 6 atom stereocenters. The lowest BCUT2D eigenvalue weighted by Crippen LogP contribution is -2.51. The van der Waals surface area contributed by atoms with Crippen molar-refractivity contribution >= 4 is 68.9 Å². The maximum Gasteiger partial charge on any atom is 0.407 e. The maximum atomic E-state index is 13.6. The van der Waals surface area contributed by atoms with Crippen molar-refractivity contribution in [2.45, 2.75) is 128 Å². The standard InChI is InChI=1S/C41H49N9O6.C29H29N5/c1-22(2)34(47-40(53)55-5)38(51)49-17-7-9-32(49)36-43-28-15-11-24(19-30(28)45-36)26-13-14-27(42-21-26)25-12-16-29-31(20-25)46-37(44-29)33-10-8-18-50(33)39(52)35(23(3)4)48-41(54)56-6;1-3-26(30-11-1)28-15-21-13-18(5-9-24(21)33-28)20-7-8-23(32-17-20)19-6-10-25-22(14-19)16-29(34-25)27-4-2-12-31-27/h11-16,19-23,32-35H,7-10,17-18H2,1-6H3,(H,43,45)(H,44,46)(H,47,53)(H,48,54);5-10,13-14,17,26-27,30-31H,1-4,11-12,15-16H2/t32-,33-,34-,35-;26-,27-/m00/s1. The van der Waals surface area contributed by atoms with Crippen LogP contribution in [0.4, 0.5) is 21.0 Å². The van der Waals surface area contributed by atoms with Crippen LogP contribution in [0.15, 0.2) is 119 Å². The molecule has 0 unspecified atom stereocenters. The number of likely N-dealkylation sites (tertiary alicyclic amines) is 2. The lowest BCUT2D eigenvalue weighted by Gasteiger charge is -2.29. The molecule has 4 saturated heterocycles. The van der Waals surface area contributed by atoms with Crippen LogP contribution in [-0.4, -0.2) is 140 Å². The number of fused-ring (bicyclic) bond motifs is 4. The number of pyridine rings is 2. The van der Waals surface area contributed by atoms with Gasteiger partial charge in [0.05, 0.1) is 71.1 Å². The summed E-state index contributed by atoms with van der Waals surface area (Å²) in [7, 11) is 2.57. The molecule has 0 bridgehead atoms. The Hall–Kier alpha value is -9.14. The smallest absolute Gasteiger partial charge is 0.407 e. The first-order chi connectivity index (χ1) is 43.7. The van der Waals surface area contributed by atoms with E-state index in [0.717, 1.165) is 130 Å². The number of ether oxygens (including phenoxy) is 2. The molecule has 4 fully saturated rings. The summed E-state index contributed by atoms with van der Waals surface area (Å²) in [4.78, 5) is 90.9. The van der Waals surface area contributed by atoms with E-state index >= 15 is 0 Å². The van der Waals surface area contributed by atoms with Gasteiger partial charge in [0.1, 0.15) is 23.7 Å². The average molecular weight is 1210 g/mol. The SMILES string of the molecule is COC(=O)N[C@H](C(=O)N1CCC[C@H]1c1nc2ccc(-c3ccc(-c4ccc5nc([C@@H]6CCCN6C(=O)[C@@H](NC(=O)OC)C(C)C)[nH]c5c4)nc3)cc2[nH]1)C(C)C.c1cc(-c2ccc3c(c2)CC([C@@H]2CCCN2)=N3)ncc1-c1ccc2c(c1)CC([C@@H]1CCCN1)=N2. The van der Waals surface area contributed by atoms with E-state index in [2.05, 4.69) is 79.8 Å². The fraction of sp³-hybridized carbons (Fsp3) is 0.400. The molecule has 20 heteroatoms. The fourth-order valence-electron chi connectivity index (χ4n) is 13.7. The Kier molecular flexibility index (Phi) is 17.1. The maximum absolute atomic E-state index is 13.6. The summed E-state index contributed by atoms with van der Waals surface area (Å²) in [5, 5.41) is 12.6. The summed E-state index contributed by atoms with van der Waals surface area (Å²) < 4.78 is 9.53. The van der Waals surface area contributed by atoms with Crippen LogP contribution in [0.2, 0.25) is 0 Å². The minimum absolute atomic E-state index is 0.114. The molecule has 14 rings (SSSR count). The Morgan fingerprint density at radius 2 is 0.933 bits per heavy atom. The lowest BCUT2D eigenvalue weighted by atomic mass is 9.98. The summed E-state index contributed by atoms with van der Waals surface area (Å²) in [6, 6.07) is 32.6. The molecule has 464 valence electrons. The van der Waals surface area contributed by atoms with E-state index in [1.165, 1.54) is 68.0 Å². The monoisotopic (exact) mass is 1210 g/mol. The number of hydrogen-bond acceptors (Lipinski definition) is 14. The van der Waals surface area contributed by atoms with Crippen LogP contribution < -0.4 is 21.3 Å². The van der Waals surface area contributed by atoms with Gasteiger partial charge >= 0.3 is 12.2 Å². The molecule has 10 heterocycles. The molecular formula is C70H78N14O6. The number of methoxy groups -OCH3 is 2. The lowest BCUT2D eigenvalue weighted by molar-refractivity contribution is -0.136. The Labute approximate surface area is 523 Å². The van der Waals surface area contributed by atoms with Gasteiger partial charge < -0.3 is 50.5 Å². The fourth-order valence-corrected chi connectivity index (χ4v) is 13.7. The van der Waals surface area contributed by atoms with E-state index in [9.17, 15) is 19.2 Å². The molecule has 4 aromatic carbocycles. The normalized spacial score (nSPS) is 20.0. The number of nitrogens with zero attached hydrogens (tertiary/aromatic N) is 8. The minimum atomic E-state index is -0.700. The summed E-state index contributed by atoms with van der Waals surface area (Å²) in [5.41, 5.74) is 19.0. The van der Waals surface area contributed by atoms with E-state index in [4.69, 9.17) is 39.4 Å². The number of carbonyl (C=O) groups excluding carboxylic acids is 4. The molecule has 6 aliphatic rings. The van der Waals surface area contributed by atoms with Crippen LogP contribution in [0.3, 0.4) is 0 Å². The van der Waals surface area contributed by atoms with Crippen LogP contribution in [-0.2, 0) is 31.9 Å². The van der Waals surface area contributed by atoms with Gasteiger partial charge in [0, 0.05) is 84.1 Å². The third kappa shape index (κ3) is 12.3. The van der Waals surface area contributed by atoms with Gasteiger partial charge in [0.25, 0.3) is 0 Å². The largest absolute Gasteiger partial charge is 0.453 e. The van der Waals surface area contributed by atoms with Gasteiger partial charge in [-0.05, 0) is 159 Å². The highest BCUT2D eigenvalue weighted by Crippen LogP contribution is 2.39. The number of benzene rings is 4. The molecule has 0 aliphatic carbocycles. The Balaban J connectivity index is 0.000000185. The molecule has 90 heavy (non-hydrogen) atoms. The van der Waals surface area contributed by atoms with Crippen molar-refractivity contribution in [1.29, 1.82) is 0 Å². The third-order valence-electron chi connectivity index (χ3n) is 18.6. The molecule has 4 amide bonds. The molecule has 8 aromatic rings. The Morgan fingerprint density at radius 3 is 1.38 bits per heavy atom. The number of H-pyrrole nitrogens is 2. The number of nitrogens with one attached hydrogen (secondary N) is 6. The topological polar surface area (TPSA) is 249 Å². The van der Waals surface area contributed by atoms with Gasteiger partial charge in [-0.1, -0.05) is 64.1 Å². The van der Waals surface area contributed by atoms with E-state index in [1.807, 2.05) is 93.5 Å². The van der Waals surface area contributed by atoms with E-state index in [1.54, 1.807) is 4.90 Å². The van der Waals surface area contributed by atoms with Gasteiger partial charge in [-0.15, -0.1) is 0 Å². The molecule has 0 spiro atoms. The first kappa shape index (κ1) is 59.8. The highest BCUT2D eigenvalue weighted by molar-refractivity contribution is 5.99. The zero-order valence-corrected chi connectivity index (χ0v) is 51.9. The number of aliphatic imine (C=N–C) groups is 2. The summed E-state index contributed by atoms with van der Waals surface area (Å²) in [6.07, 6.45) is 12.6. The van der Waals surface area contributed by atoms with Crippen molar-refractivity contribution in [3.8, 4) is 44.8 Å². The molecule has 0 saturated carbocycles. The third-order valence-corrected chi connectivity index (χ3v) is 18.6. The average Bonchev–Trinajstić information content (AvgIpc) is 1.81. The highest BCUT2D eigenvalue weighted by atomic mass is 16.5. The van der Waals surface area contributed by atoms with Crippen LogP contribution >= 0.6 is 0 Å². The van der Waals surface area contributed by atoms with Crippen molar-refractivity contribution in [3.05, 3.63) is 132 Å². The number of carbonyl (C=O) groups is 4. The van der Waals surface area contributed by atoms with Crippen LogP contribution in [0.5, 0.6) is 0 Å². The molecule has 4 aromatic heterocycles. The molecule has 6 aliphatic heterocycles. The number of aromatic amines is 2. The van der Waals surface area contributed by atoms with Gasteiger partial charge in [-0.3, -0.25) is 29.5 Å². The minimum Gasteiger partial charge on any atom is -0.453 e. The number of amides is 4. The highest BCUT2D eigenvalue weighted by Gasteiger charge is 2.40. The van der Waals surface area contributed by atoms with Crippen molar-refractivity contribution in [1.82, 2.24) is 61.0 Å². The first-order valence-corrected chi connectivity index (χ1v) is 31.9. The second-order valence-corrected chi connectivity index (χ2v) is 25.2. The summed E-state index contributed by atoms with van der Waals surface area (Å²) in [5.74, 6) is 0.909. The molecule has 6 N–H and O–H groups in total. The number of hydrogen-bond donors (Lipinski definition) is 6. The Morgan fingerprint density at radius 1 is 0.511 bits per heavy atom. The van der Waals surface area contributed by atoms with Crippen LogP contribution in [0.1, 0.15) is 114 Å². The van der Waals surface area contributed by atoms with E-state index < -0.39 is 24.3 Å².